The van der Waals surface area contributed by atoms with Gasteiger partial charge in [0.05, 0.1) is 4.90 Å². The molecule has 7 heteroatoms. The van der Waals surface area contributed by atoms with Gasteiger partial charge in [-0.1, -0.05) is 6.07 Å². The molecule has 5 nitrogen and oxygen atoms in total. The number of nitrogens with zero attached hydrogens (tertiary/aromatic N) is 1. The normalized spacial score (nSPS) is 11.3. The van der Waals surface area contributed by atoms with Crippen molar-refractivity contribution in [3.8, 4) is 0 Å². The van der Waals surface area contributed by atoms with Gasteiger partial charge in [-0.25, -0.2) is 13.6 Å². The minimum absolute atomic E-state index is 0.134. The van der Waals surface area contributed by atoms with Crippen molar-refractivity contribution in [2.45, 2.75) is 18.4 Å². The highest BCUT2D eigenvalue weighted by Gasteiger charge is 2.13. The molecule has 0 fully saturated rings. The van der Waals surface area contributed by atoms with E-state index in [4.69, 9.17) is 5.14 Å². The highest BCUT2D eigenvalue weighted by Crippen LogP contribution is 2.22. The molecule has 0 saturated heterocycles. The van der Waals surface area contributed by atoms with Crippen molar-refractivity contribution in [3.05, 3.63) is 52.3 Å². The lowest BCUT2D eigenvalue weighted by atomic mass is 10.2. The Labute approximate surface area is 126 Å². The number of rotatable bonds is 4. The molecule has 3 N–H and O–H groups in total. The number of sulfonamides is 1. The summed E-state index contributed by atoms with van der Waals surface area (Å²) in [4.78, 5) is 4.21. The van der Waals surface area contributed by atoms with Crippen molar-refractivity contribution in [1.82, 2.24) is 4.98 Å². The molecule has 0 radical (unpaired) electrons. The van der Waals surface area contributed by atoms with Gasteiger partial charge in [0.1, 0.15) is 0 Å². The Hall–Kier alpha value is -1.44. The second-order valence-electron chi connectivity index (χ2n) is 4.34. The number of anilines is 1. The predicted molar refractivity (Wildman–Crippen MR) is 81.8 cm³/mol. The van der Waals surface area contributed by atoms with E-state index in [2.05, 4.69) is 26.2 Å². The summed E-state index contributed by atoms with van der Waals surface area (Å²) in [5.74, 6) is 0. The maximum Gasteiger partial charge on any atom is 0.238 e. The standard InChI is InChI=1S/C13H14BrN3O2S/c1-9-12(3-2-4-13(9)20(15,18)19)17-7-10-5-11(14)8-16-6-10/h2-6,8,17H,7H2,1H3,(H2,15,18,19). The Morgan fingerprint density at radius 3 is 2.75 bits per heavy atom. The lowest BCUT2D eigenvalue weighted by molar-refractivity contribution is 0.597. The third kappa shape index (κ3) is 3.56. The van der Waals surface area contributed by atoms with Crippen LogP contribution in [0.3, 0.4) is 0 Å². The summed E-state index contributed by atoms with van der Waals surface area (Å²) >= 11 is 3.35. The van der Waals surface area contributed by atoms with E-state index in [-0.39, 0.29) is 4.90 Å². The average Bonchev–Trinajstić information content (AvgIpc) is 2.36. The van der Waals surface area contributed by atoms with Crippen molar-refractivity contribution in [2.24, 2.45) is 5.14 Å². The molecule has 0 saturated carbocycles. The molecule has 2 aromatic rings. The number of nitrogens with two attached hydrogens (primary N) is 1. The van der Waals surface area contributed by atoms with E-state index in [0.29, 0.717) is 12.1 Å². The molecule has 20 heavy (non-hydrogen) atoms. The fourth-order valence-electron chi connectivity index (χ4n) is 1.86. The SMILES string of the molecule is Cc1c(NCc2cncc(Br)c2)cccc1S(N)(=O)=O. The van der Waals surface area contributed by atoms with E-state index in [9.17, 15) is 8.42 Å². The summed E-state index contributed by atoms with van der Waals surface area (Å²) in [6, 6.07) is 6.92. The van der Waals surface area contributed by atoms with Crippen LogP contribution in [0.4, 0.5) is 5.69 Å². The molecule has 0 aliphatic rings. The Bertz CT molecular complexity index is 732. The molecule has 0 unspecified atom stereocenters. The Balaban J connectivity index is 2.23. The van der Waals surface area contributed by atoms with Crippen molar-refractivity contribution in [3.63, 3.8) is 0 Å². The fraction of sp³-hybridized carbons (Fsp3) is 0.154. The van der Waals surface area contributed by atoms with Crippen LogP contribution < -0.4 is 10.5 Å². The zero-order valence-corrected chi connectivity index (χ0v) is 13.2. The Morgan fingerprint density at radius 1 is 1.35 bits per heavy atom. The van der Waals surface area contributed by atoms with Crippen LogP contribution in [-0.4, -0.2) is 13.4 Å². The van der Waals surface area contributed by atoms with Gasteiger partial charge < -0.3 is 5.32 Å². The van der Waals surface area contributed by atoms with Crippen LogP contribution in [0.1, 0.15) is 11.1 Å². The van der Waals surface area contributed by atoms with Gasteiger partial charge in [0.2, 0.25) is 10.0 Å². The molecule has 1 heterocycles. The molecule has 0 atom stereocenters. The van der Waals surface area contributed by atoms with Gasteiger partial charge in [-0.15, -0.1) is 0 Å². The van der Waals surface area contributed by atoms with Gasteiger partial charge >= 0.3 is 0 Å². The van der Waals surface area contributed by atoms with Gasteiger partial charge in [-0.05, 0) is 52.2 Å². The summed E-state index contributed by atoms with van der Waals surface area (Å²) in [5.41, 5.74) is 2.33. The number of hydrogen-bond acceptors (Lipinski definition) is 4. The quantitative estimate of drug-likeness (QED) is 0.881. The van der Waals surface area contributed by atoms with E-state index in [1.807, 2.05) is 12.1 Å². The smallest absolute Gasteiger partial charge is 0.238 e. The van der Waals surface area contributed by atoms with Crippen LogP contribution in [0.25, 0.3) is 0 Å². The van der Waals surface area contributed by atoms with Gasteiger partial charge in [0.15, 0.2) is 0 Å². The Morgan fingerprint density at radius 2 is 2.10 bits per heavy atom. The number of hydrogen-bond donors (Lipinski definition) is 2. The van der Waals surface area contributed by atoms with Crippen molar-refractivity contribution in [2.75, 3.05) is 5.32 Å². The number of primary sulfonamides is 1. The number of aromatic nitrogens is 1. The van der Waals surface area contributed by atoms with Crippen molar-refractivity contribution < 1.29 is 8.42 Å². The highest BCUT2D eigenvalue weighted by atomic mass is 79.9. The largest absolute Gasteiger partial charge is 0.381 e. The summed E-state index contributed by atoms with van der Waals surface area (Å²) in [7, 11) is -3.71. The molecule has 0 spiro atoms. The number of halogens is 1. The first-order valence-electron chi connectivity index (χ1n) is 5.83. The second kappa shape index (κ2) is 5.90. The maximum absolute atomic E-state index is 11.5. The molecule has 1 aromatic heterocycles. The zero-order valence-electron chi connectivity index (χ0n) is 10.8. The van der Waals surface area contributed by atoms with E-state index in [0.717, 1.165) is 15.7 Å². The third-order valence-electron chi connectivity index (χ3n) is 2.84. The summed E-state index contributed by atoms with van der Waals surface area (Å²) in [6.07, 6.45) is 3.45. The summed E-state index contributed by atoms with van der Waals surface area (Å²) in [6.45, 7) is 2.27. The fourth-order valence-corrected chi connectivity index (χ4v) is 3.08. The average molecular weight is 356 g/mol. The van der Waals surface area contributed by atoms with Crippen LogP contribution in [0.2, 0.25) is 0 Å². The third-order valence-corrected chi connectivity index (χ3v) is 4.32. The van der Waals surface area contributed by atoms with Crippen LogP contribution in [0, 0.1) is 6.92 Å². The molecular formula is C13H14BrN3O2S. The number of benzene rings is 1. The van der Waals surface area contributed by atoms with E-state index >= 15 is 0 Å². The van der Waals surface area contributed by atoms with E-state index < -0.39 is 10.0 Å². The second-order valence-corrected chi connectivity index (χ2v) is 6.78. The van der Waals surface area contributed by atoms with Crippen molar-refractivity contribution >= 4 is 31.6 Å². The lowest BCUT2D eigenvalue weighted by Gasteiger charge is -2.12. The maximum atomic E-state index is 11.5. The highest BCUT2D eigenvalue weighted by molar-refractivity contribution is 9.10. The van der Waals surface area contributed by atoms with Crippen molar-refractivity contribution in [1.29, 1.82) is 0 Å². The topological polar surface area (TPSA) is 85.1 Å². The van der Waals surface area contributed by atoms with Gasteiger partial charge in [-0.3, -0.25) is 4.98 Å². The monoisotopic (exact) mass is 355 g/mol. The van der Waals surface area contributed by atoms with E-state index in [1.165, 1.54) is 6.07 Å². The van der Waals surface area contributed by atoms with Gasteiger partial charge in [0, 0.05) is 29.1 Å². The van der Waals surface area contributed by atoms with Gasteiger partial charge in [0.25, 0.3) is 0 Å². The lowest BCUT2D eigenvalue weighted by Crippen LogP contribution is -2.14. The first kappa shape index (κ1) is 15.0. The first-order valence-corrected chi connectivity index (χ1v) is 8.17. The van der Waals surface area contributed by atoms with Crippen LogP contribution in [0.5, 0.6) is 0 Å². The molecule has 1 aromatic carbocycles. The molecule has 2 rings (SSSR count). The molecule has 0 aliphatic heterocycles. The summed E-state index contributed by atoms with van der Waals surface area (Å²) in [5, 5.41) is 8.37. The van der Waals surface area contributed by atoms with E-state index in [1.54, 1.807) is 25.4 Å². The number of nitrogens with one attached hydrogen (secondary N) is 1. The predicted octanol–water partition coefficient (Wildman–Crippen LogP) is 2.41. The minimum atomic E-state index is -3.71. The summed E-state index contributed by atoms with van der Waals surface area (Å²) < 4.78 is 23.8. The molecule has 0 bridgehead atoms. The minimum Gasteiger partial charge on any atom is -0.381 e. The first-order chi connectivity index (χ1) is 9.38. The molecule has 0 amide bonds. The van der Waals surface area contributed by atoms with Crippen LogP contribution >= 0.6 is 15.9 Å². The Kier molecular flexibility index (Phi) is 4.42. The number of pyridine rings is 1. The molecular weight excluding hydrogens is 342 g/mol. The van der Waals surface area contributed by atoms with Crippen LogP contribution in [-0.2, 0) is 16.6 Å². The zero-order chi connectivity index (χ0) is 14.8. The molecule has 0 aliphatic carbocycles. The van der Waals surface area contributed by atoms with Crippen LogP contribution in [0.15, 0.2) is 46.0 Å². The molecule has 106 valence electrons. The van der Waals surface area contributed by atoms with Gasteiger partial charge in [-0.2, -0.15) is 0 Å².